The third-order valence-corrected chi connectivity index (χ3v) is 4.12. The highest BCUT2D eigenvalue weighted by atomic mass is 16.2. The van der Waals surface area contributed by atoms with E-state index in [1.807, 2.05) is 0 Å². The number of benzene rings is 1. The smallest absolute Gasteiger partial charge is 0.275 e. The summed E-state index contributed by atoms with van der Waals surface area (Å²) in [5.74, 6) is 0.292. The van der Waals surface area contributed by atoms with Crippen LogP contribution in [0.1, 0.15) is 53.5 Å². The van der Waals surface area contributed by atoms with Gasteiger partial charge in [0.25, 0.3) is 5.91 Å². The third-order valence-electron chi connectivity index (χ3n) is 4.12. The van der Waals surface area contributed by atoms with Crippen molar-refractivity contribution in [1.29, 1.82) is 0 Å². The van der Waals surface area contributed by atoms with E-state index in [0.29, 0.717) is 23.1 Å². The van der Waals surface area contributed by atoms with Crippen LogP contribution in [-0.2, 0) is 0 Å². The first-order chi connectivity index (χ1) is 11.6. The number of rotatable bonds is 5. The van der Waals surface area contributed by atoms with Gasteiger partial charge in [0.1, 0.15) is 11.5 Å². The quantitative estimate of drug-likeness (QED) is 0.825. The number of aromatic nitrogens is 2. The van der Waals surface area contributed by atoms with E-state index in [0.717, 1.165) is 12.8 Å². The maximum absolute atomic E-state index is 12.2. The van der Waals surface area contributed by atoms with Crippen LogP contribution in [0, 0.1) is 0 Å². The molecule has 6 heteroatoms. The van der Waals surface area contributed by atoms with Gasteiger partial charge in [-0.05, 0) is 31.9 Å². The number of nitrogens with one attached hydrogen (secondary N) is 2. The maximum Gasteiger partial charge on any atom is 0.275 e. The van der Waals surface area contributed by atoms with Crippen molar-refractivity contribution in [2.75, 3.05) is 10.6 Å². The van der Waals surface area contributed by atoms with Gasteiger partial charge in [-0.15, -0.1) is 0 Å². The van der Waals surface area contributed by atoms with Crippen LogP contribution >= 0.6 is 0 Å². The van der Waals surface area contributed by atoms with Gasteiger partial charge in [-0.3, -0.25) is 9.59 Å². The Hall–Kier alpha value is -2.76. The molecule has 1 heterocycles. The number of ketones is 1. The Labute approximate surface area is 140 Å². The van der Waals surface area contributed by atoms with Crippen LogP contribution in [0.5, 0.6) is 0 Å². The molecule has 0 bridgehead atoms. The molecule has 2 N–H and O–H groups in total. The molecule has 0 spiro atoms. The fourth-order valence-electron chi connectivity index (χ4n) is 2.81. The number of carbonyl (C=O) groups excluding carboxylic acids is 2. The molecule has 1 aliphatic carbocycles. The molecule has 1 aromatic heterocycles. The summed E-state index contributed by atoms with van der Waals surface area (Å²) in [6.45, 7) is 1.49. The molecule has 3 rings (SSSR count). The first kappa shape index (κ1) is 16.1. The normalized spacial score (nSPS) is 14.4. The topological polar surface area (TPSA) is 84.0 Å². The van der Waals surface area contributed by atoms with E-state index in [1.165, 1.54) is 26.0 Å². The van der Waals surface area contributed by atoms with Gasteiger partial charge in [0.05, 0.1) is 12.4 Å². The summed E-state index contributed by atoms with van der Waals surface area (Å²) >= 11 is 0. The number of hydrogen-bond acceptors (Lipinski definition) is 5. The number of Topliss-reactive ketones (excluding diaryl/α,β-unsaturated/α-hetero) is 1. The van der Waals surface area contributed by atoms with E-state index in [9.17, 15) is 9.59 Å². The van der Waals surface area contributed by atoms with Crippen molar-refractivity contribution in [1.82, 2.24) is 9.97 Å². The lowest BCUT2D eigenvalue weighted by Gasteiger charge is -2.12. The Balaban J connectivity index is 1.64. The molecule has 0 radical (unpaired) electrons. The molecule has 0 unspecified atom stereocenters. The average molecular weight is 324 g/mol. The number of nitrogens with zero attached hydrogens (tertiary/aromatic N) is 2. The highest BCUT2D eigenvalue weighted by molar-refractivity contribution is 6.03. The monoisotopic (exact) mass is 324 g/mol. The molecular formula is C18H20N4O2. The van der Waals surface area contributed by atoms with Crippen LogP contribution in [0.25, 0.3) is 0 Å². The Morgan fingerprint density at radius 3 is 2.58 bits per heavy atom. The predicted molar refractivity (Wildman–Crippen MR) is 92.3 cm³/mol. The Bertz CT molecular complexity index is 737. The van der Waals surface area contributed by atoms with Crippen LogP contribution in [0.3, 0.4) is 0 Å². The van der Waals surface area contributed by atoms with Crippen molar-refractivity contribution in [2.45, 2.75) is 38.6 Å². The van der Waals surface area contributed by atoms with Gasteiger partial charge in [-0.1, -0.05) is 25.0 Å². The summed E-state index contributed by atoms with van der Waals surface area (Å²) in [7, 11) is 0. The van der Waals surface area contributed by atoms with Crippen LogP contribution in [-0.4, -0.2) is 27.7 Å². The van der Waals surface area contributed by atoms with Crippen molar-refractivity contribution in [3.63, 3.8) is 0 Å². The number of carbonyl (C=O) groups is 2. The summed E-state index contributed by atoms with van der Waals surface area (Å²) in [6, 6.07) is 7.26. The summed E-state index contributed by atoms with van der Waals surface area (Å²) in [6.07, 6.45) is 7.82. The van der Waals surface area contributed by atoms with Gasteiger partial charge in [-0.2, -0.15) is 0 Å². The molecule has 0 atom stereocenters. The lowest BCUT2D eigenvalue weighted by molar-refractivity contribution is 0.100. The molecule has 1 aromatic carbocycles. The largest absolute Gasteiger partial charge is 0.366 e. The zero-order valence-corrected chi connectivity index (χ0v) is 13.6. The molecule has 2 aromatic rings. The molecule has 24 heavy (non-hydrogen) atoms. The minimum Gasteiger partial charge on any atom is -0.366 e. The molecule has 6 nitrogen and oxygen atoms in total. The third kappa shape index (κ3) is 3.95. The van der Waals surface area contributed by atoms with Crippen LogP contribution in [0.15, 0.2) is 36.7 Å². The molecule has 1 aliphatic rings. The van der Waals surface area contributed by atoms with E-state index in [4.69, 9.17) is 0 Å². The first-order valence-corrected chi connectivity index (χ1v) is 8.13. The average Bonchev–Trinajstić information content (AvgIpc) is 3.08. The second-order valence-electron chi connectivity index (χ2n) is 6.00. The lowest BCUT2D eigenvalue weighted by atomic mass is 10.1. The number of amides is 1. The molecule has 0 aliphatic heterocycles. The standard InChI is InChI=1S/C18H20N4O2/c1-12(23)13-5-4-8-15(9-13)22-18(24)16-10-20-17(11-19-16)21-14-6-2-3-7-14/h4-5,8-11,14H,2-3,6-7H2,1H3,(H,20,21)(H,22,24). The van der Waals surface area contributed by atoms with E-state index < -0.39 is 0 Å². The second kappa shape index (κ2) is 7.21. The predicted octanol–water partition coefficient (Wildman–Crippen LogP) is 3.29. The van der Waals surface area contributed by atoms with Gasteiger partial charge >= 0.3 is 0 Å². The Morgan fingerprint density at radius 2 is 1.92 bits per heavy atom. The van der Waals surface area contributed by atoms with E-state index in [1.54, 1.807) is 30.5 Å². The van der Waals surface area contributed by atoms with Crippen molar-refractivity contribution in [2.24, 2.45) is 0 Å². The molecule has 124 valence electrons. The highest BCUT2D eigenvalue weighted by Crippen LogP contribution is 2.21. The minimum atomic E-state index is -0.351. The molecule has 1 fully saturated rings. The van der Waals surface area contributed by atoms with Crippen molar-refractivity contribution < 1.29 is 9.59 Å². The molecular weight excluding hydrogens is 304 g/mol. The highest BCUT2D eigenvalue weighted by Gasteiger charge is 2.15. The van der Waals surface area contributed by atoms with Crippen LogP contribution < -0.4 is 10.6 Å². The summed E-state index contributed by atoms with van der Waals surface area (Å²) in [5, 5.41) is 6.07. The summed E-state index contributed by atoms with van der Waals surface area (Å²) in [4.78, 5) is 32.1. The van der Waals surface area contributed by atoms with Crippen LogP contribution in [0.2, 0.25) is 0 Å². The fraction of sp³-hybridized carbons (Fsp3) is 0.333. The SMILES string of the molecule is CC(=O)c1cccc(NC(=O)c2cnc(NC3CCCC3)cn2)c1. The Morgan fingerprint density at radius 1 is 1.12 bits per heavy atom. The molecule has 0 saturated heterocycles. The van der Waals surface area contributed by atoms with Gasteiger partial charge in [0.15, 0.2) is 5.78 Å². The summed E-state index contributed by atoms with van der Waals surface area (Å²) < 4.78 is 0. The van der Waals surface area contributed by atoms with Gasteiger partial charge in [0.2, 0.25) is 0 Å². The van der Waals surface area contributed by atoms with E-state index in [-0.39, 0.29) is 17.4 Å². The van der Waals surface area contributed by atoms with E-state index >= 15 is 0 Å². The number of hydrogen-bond donors (Lipinski definition) is 2. The van der Waals surface area contributed by atoms with Gasteiger partial charge in [-0.25, -0.2) is 9.97 Å². The van der Waals surface area contributed by atoms with Gasteiger partial charge in [0, 0.05) is 17.3 Å². The van der Waals surface area contributed by atoms with Gasteiger partial charge < -0.3 is 10.6 Å². The van der Waals surface area contributed by atoms with Crippen molar-refractivity contribution in [3.8, 4) is 0 Å². The van der Waals surface area contributed by atoms with Crippen molar-refractivity contribution >= 4 is 23.2 Å². The molecule has 1 amide bonds. The van der Waals surface area contributed by atoms with E-state index in [2.05, 4.69) is 20.6 Å². The van der Waals surface area contributed by atoms with Crippen LogP contribution in [0.4, 0.5) is 11.5 Å². The zero-order valence-electron chi connectivity index (χ0n) is 13.6. The first-order valence-electron chi connectivity index (χ1n) is 8.13. The molecule has 1 saturated carbocycles. The Kier molecular flexibility index (Phi) is 4.84. The fourth-order valence-corrected chi connectivity index (χ4v) is 2.81. The van der Waals surface area contributed by atoms with Crippen molar-refractivity contribution in [3.05, 3.63) is 47.9 Å². The zero-order chi connectivity index (χ0) is 16.9. The lowest BCUT2D eigenvalue weighted by Crippen LogP contribution is -2.17. The minimum absolute atomic E-state index is 0.0479. The summed E-state index contributed by atoms with van der Waals surface area (Å²) in [5.41, 5.74) is 1.35. The second-order valence-corrected chi connectivity index (χ2v) is 6.00. The maximum atomic E-state index is 12.2. The number of anilines is 2.